The first-order valence-corrected chi connectivity index (χ1v) is 7.75. The van der Waals surface area contributed by atoms with Crippen LogP contribution in [-0.2, 0) is 0 Å². The van der Waals surface area contributed by atoms with Gasteiger partial charge >= 0.3 is 0 Å². The molecule has 0 aliphatic carbocycles. The fourth-order valence-corrected chi connectivity index (χ4v) is 2.97. The van der Waals surface area contributed by atoms with Crippen molar-refractivity contribution in [1.29, 1.82) is 0 Å². The molecule has 3 heterocycles. The zero-order valence-corrected chi connectivity index (χ0v) is 13.4. The van der Waals surface area contributed by atoms with Crippen LogP contribution in [0.25, 0.3) is 5.70 Å². The average Bonchev–Trinajstić information content (AvgIpc) is 3.05. The second-order valence-corrected chi connectivity index (χ2v) is 6.00. The van der Waals surface area contributed by atoms with E-state index in [1.165, 1.54) is 12.4 Å². The highest BCUT2D eigenvalue weighted by atomic mass is 79.9. The summed E-state index contributed by atoms with van der Waals surface area (Å²) in [4.78, 5) is 8.33. The van der Waals surface area contributed by atoms with Gasteiger partial charge in [-0.1, -0.05) is 15.9 Å². The van der Waals surface area contributed by atoms with Crippen LogP contribution in [0.1, 0.15) is 17.2 Å². The van der Waals surface area contributed by atoms with Crippen molar-refractivity contribution in [2.24, 2.45) is 0 Å². The van der Waals surface area contributed by atoms with E-state index >= 15 is 0 Å². The third kappa shape index (κ3) is 2.53. The summed E-state index contributed by atoms with van der Waals surface area (Å²) in [5, 5.41) is 7.42. The maximum absolute atomic E-state index is 14.3. The number of allylic oxidation sites excluding steroid dienone is 1. The van der Waals surface area contributed by atoms with Gasteiger partial charge in [0.2, 0.25) is 5.95 Å². The molecule has 2 aromatic heterocycles. The lowest BCUT2D eigenvalue weighted by molar-refractivity contribution is 0.551. The number of halogens is 2. The lowest BCUT2D eigenvalue weighted by Crippen LogP contribution is -2.21. The molecule has 23 heavy (non-hydrogen) atoms. The van der Waals surface area contributed by atoms with Crippen LogP contribution < -0.4 is 5.32 Å². The lowest BCUT2D eigenvalue weighted by Gasteiger charge is -2.24. The Bertz CT molecular complexity index is 890. The Morgan fingerprint density at radius 1 is 1.26 bits per heavy atom. The minimum atomic E-state index is -0.388. The van der Waals surface area contributed by atoms with Gasteiger partial charge in [-0.3, -0.25) is 4.98 Å². The topological polar surface area (TPSA) is 55.6 Å². The number of nitrogens with zero attached hydrogens (tertiary/aromatic N) is 4. The summed E-state index contributed by atoms with van der Waals surface area (Å²) >= 11 is 3.40. The second-order valence-electron chi connectivity index (χ2n) is 5.09. The zero-order valence-electron chi connectivity index (χ0n) is 11.8. The summed E-state index contributed by atoms with van der Waals surface area (Å²) in [5.41, 5.74) is 2.25. The van der Waals surface area contributed by atoms with Crippen molar-refractivity contribution in [3.05, 3.63) is 76.5 Å². The molecule has 0 bridgehead atoms. The molecular weight excluding hydrogens is 361 g/mol. The van der Waals surface area contributed by atoms with E-state index in [4.69, 9.17) is 0 Å². The maximum Gasteiger partial charge on any atom is 0.226 e. The smallest absolute Gasteiger partial charge is 0.226 e. The number of rotatable bonds is 2. The maximum atomic E-state index is 14.3. The number of aromatic nitrogens is 4. The predicted molar refractivity (Wildman–Crippen MR) is 88.1 cm³/mol. The van der Waals surface area contributed by atoms with Gasteiger partial charge in [-0.25, -0.2) is 9.07 Å². The fraction of sp³-hybridized carbons (Fsp3) is 0.0625. The Balaban J connectivity index is 1.87. The van der Waals surface area contributed by atoms with Gasteiger partial charge in [0.15, 0.2) is 0 Å². The van der Waals surface area contributed by atoms with Crippen LogP contribution in [-0.4, -0.2) is 19.7 Å². The highest BCUT2D eigenvalue weighted by molar-refractivity contribution is 9.10. The van der Waals surface area contributed by atoms with Crippen molar-refractivity contribution in [3.63, 3.8) is 0 Å². The van der Waals surface area contributed by atoms with Gasteiger partial charge in [-0.2, -0.15) is 10.1 Å². The van der Waals surface area contributed by atoms with Crippen molar-refractivity contribution >= 4 is 27.6 Å². The second kappa shape index (κ2) is 5.58. The standard InChI is InChI=1S/C16H11BrFN5/c17-11-3-4-13(18)12(6-11)15-7-14(10-2-1-5-19-8-10)22-16-20-9-21-23(15)16/h1-9,15H,(H,20,21,22)/t15-/m1/s1. The van der Waals surface area contributed by atoms with Gasteiger partial charge in [0.05, 0.1) is 0 Å². The average molecular weight is 372 g/mol. The number of anilines is 1. The van der Waals surface area contributed by atoms with Crippen LogP contribution in [0, 0.1) is 5.82 Å². The molecule has 1 aromatic carbocycles. The Morgan fingerprint density at radius 3 is 3.00 bits per heavy atom. The van der Waals surface area contributed by atoms with Crippen molar-refractivity contribution in [3.8, 4) is 0 Å². The molecule has 0 unspecified atom stereocenters. The Hall–Kier alpha value is -2.54. The minimum absolute atomic E-state index is 0.289. The molecule has 0 saturated carbocycles. The van der Waals surface area contributed by atoms with Crippen molar-refractivity contribution in [1.82, 2.24) is 19.7 Å². The van der Waals surface area contributed by atoms with Crippen LogP contribution in [0.4, 0.5) is 10.3 Å². The van der Waals surface area contributed by atoms with Gasteiger partial charge in [0.25, 0.3) is 0 Å². The third-order valence-electron chi connectivity index (χ3n) is 3.66. The summed E-state index contributed by atoms with van der Waals surface area (Å²) in [6.07, 6.45) is 6.83. The largest absolute Gasteiger partial charge is 0.324 e. The lowest BCUT2D eigenvalue weighted by atomic mass is 10.0. The van der Waals surface area contributed by atoms with Gasteiger partial charge < -0.3 is 5.32 Å². The van der Waals surface area contributed by atoms with Crippen molar-refractivity contribution in [2.45, 2.75) is 6.04 Å². The van der Waals surface area contributed by atoms with Crippen LogP contribution in [0.2, 0.25) is 0 Å². The number of pyridine rings is 1. The quantitative estimate of drug-likeness (QED) is 0.747. The number of benzene rings is 1. The highest BCUT2D eigenvalue weighted by Crippen LogP contribution is 2.33. The highest BCUT2D eigenvalue weighted by Gasteiger charge is 2.25. The van der Waals surface area contributed by atoms with Crippen LogP contribution in [0.3, 0.4) is 0 Å². The molecule has 1 N–H and O–H groups in total. The molecule has 4 rings (SSSR count). The summed E-state index contributed by atoms with van der Waals surface area (Å²) in [6.45, 7) is 0. The molecular formula is C16H11BrFN5. The summed E-state index contributed by atoms with van der Waals surface area (Å²) in [7, 11) is 0. The van der Waals surface area contributed by atoms with E-state index in [1.807, 2.05) is 18.2 Å². The predicted octanol–water partition coefficient (Wildman–Crippen LogP) is 3.63. The molecule has 0 fully saturated rings. The van der Waals surface area contributed by atoms with Gasteiger partial charge in [-0.05, 0) is 36.4 Å². The van der Waals surface area contributed by atoms with E-state index in [0.29, 0.717) is 11.5 Å². The fourth-order valence-electron chi connectivity index (χ4n) is 2.59. The first-order chi connectivity index (χ1) is 11.2. The van der Waals surface area contributed by atoms with E-state index in [9.17, 15) is 4.39 Å². The normalized spacial score (nSPS) is 16.4. The van der Waals surface area contributed by atoms with Gasteiger partial charge in [-0.15, -0.1) is 0 Å². The summed E-state index contributed by atoms with van der Waals surface area (Å²) in [6, 6.07) is 8.27. The Kier molecular flexibility index (Phi) is 3.42. The van der Waals surface area contributed by atoms with Gasteiger partial charge in [0.1, 0.15) is 18.2 Å². The molecule has 1 aliphatic heterocycles. The molecule has 1 atom stereocenters. The minimum Gasteiger partial charge on any atom is -0.324 e. The number of hydrogen-bond acceptors (Lipinski definition) is 4. The first kappa shape index (κ1) is 14.1. The van der Waals surface area contributed by atoms with Crippen molar-refractivity contribution < 1.29 is 4.39 Å². The SMILES string of the molecule is Fc1ccc(Br)cc1[C@H]1C=C(c2cccnc2)Nc2ncnn21. The molecule has 1 aliphatic rings. The van der Waals surface area contributed by atoms with Gasteiger partial charge in [0, 0.05) is 33.7 Å². The van der Waals surface area contributed by atoms with E-state index in [1.54, 1.807) is 29.2 Å². The summed E-state index contributed by atoms with van der Waals surface area (Å²) in [5.74, 6) is 0.277. The summed E-state index contributed by atoms with van der Waals surface area (Å²) < 4.78 is 16.8. The number of fused-ring (bicyclic) bond motifs is 1. The Labute approximate surface area is 140 Å². The number of nitrogens with one attached hydrogen (secondary N) is 1. The molecule has 0 radical (unpaired) electrons. The molecule has 7 heteroatoms. The zero-order chi connectivity index (χ0) is 15.8. The van der Waals surface area contributed by atoms with E-state index in [0.717, 1.165) is 15.7 Å². The van der Waals surface area contributed by atoms with Crippen LogP contribution in [0.15, 0.2) is 59.6 Å². The molecule has 3 aromatic rings. The van der Waals surface area contributed by atoms with Crippen LogP contribution >= 0.6 is 15.9 Å². The Morgan fingerprint density at radius 2 is 2.17 bits per heavy atom. The molecule has 0 amide bonds. The molecule has 0 saturated heterocycles. The van der Waals surface area contributed by atoms with E-state index < -0.39 is 0 Å². The van der Waals surface area contributed by atoms with E-state index in [-0.39, 0.29) is 11.9 Å². The molecule has 0 spiro atoms. The number of hydrogen-bond donors (Lipinski definition) is 1. The van der Waals surface area contributed by atoms with E-state index in [2.05, 4.69) is 36.3 Å². The first-order valence-electron chi connectivity index (χ1n) is 6.96. The van der Waals surface area contributed by atoms with Crippen molar-refractivity contribution in [2.75, 3.05) is 5.32 Å². The molecule has 114 valence electrons. The molecule has 5 nitrogen and oxygen atoms in total. The third-order valence-corrected chi connectivity index (χ3v) is 4.15. The monoisotopic (exact) mass is 371 g/mol. The van der Waals surface area contributed by atoms with Crippen LogP contribution in [0.5, 0.6) is 0 Å².